The second kappa shape index (κ2) is 9.15. The maximum Gasteiger partial charge on any atom is 0.253 e. The number of fused-ring (bicyclic) bond motifs is 2. The second-order valence-corrected chi connectivity index (χ2v) is 8.71. The van der Waals surface area contributed by atoms with Gasteiger partial charge in [-0.25, -0.2) is 9.97 Å². The van der Waals surface area contributed by atoms with E-state index in [1.165, 1.54) is 17.7 Å². The third-order valence-corrected chi connectivity index (χ3v) is 6.55. The van der Waals surface area contributed by atoms with Gasteiger partial charge in [-0.05, 0) is 50.1 Å². The largest absolute Gasteiger partial charge is 0.352 e. The summed E-state index contributed by atoms with van der Waals surface area (Å²) in [5, 5.41) is 3.02. The quantitative estimate of drug-likeness (QED) is 0.458. The molecular formula is C25H29N7O. The molecule has 4 aromatic rings. The Bertz CT molecular complexity index is 1260. The first kappa shape index (κ1) is 21.3. The van der Waals surface area contributed by atoms with Crippen molar-refractivity contribution in [3.63, 3.8) is 0 Å². The van der Waals surface area contributed by atoms with Crippen molar-refractivity contribution in [1.82, 2.24) is 34.7 Å². The fraction of sp³-hybridized carbons (Fsp3) is 0.360. The zero-order valence-corrected chi connectivity index (χ0v) is 19.1. The molecule has 3 heterocycles. The van der Waals surface area contributed by atoms with E-state index in [1.54, 1.807) is 12.5 Å². The number of aromatic amines is 1. The van der Waals surface area contributed by atoms with E-state index in [0.717, 1.165) is 35.4 Å². The second-order valence-electron chi connectivity index (χ2n) is 8.71. The standard InChI is InChI=1S/C25H29N7O/c1-31(21-10-3-6-17-7-5-12-27-23(17)21)15-22-30-20-9-4-8-19(24(20)32(22)2)25(33)28-13-11-18-14-26-16-29-18/h4-5,7-9,12,14,16,21H,3,6,10-11,13,15H2,1-2H3,(H,26,29)(H,28,33). The van der Waals surface area contributed by atoms with E-state index in [2.05, 4.69) is 42.8 Å². The van der Waals surface area contributed by atoms with E-state index in [4.69, 9.17) is 4.98 Å². The Morgan fingerprint density at radius 2 is 2.21 bits per heavy atom. The van der Waals surface area contributed by atoms with Crippen LogP contribution in [0.5, 0.6) is 0 Å². The maximum atomic E-state index is 13.0. The van der Waals surface area contributed by atoms with Gasteiger partial charge in [-0.1, -0.05) is 12.1 Å². The molecule has 8 heteroatoms. The molecular weight excluding hydrogens is 414 g/mol. The minimum Gasteiger partial charge on any atom is -0.352 e. The van der Waals surface area contributed by atoms with Gasteiger partial charge in [0, 0.05) is 38.1 Å². The number of hydrogen-bond donors (Lipinski definition) is 2. The minimum atomic E-state index is -0.0894. The number of aromatic nitrogens is 5. The van der Waals surface area contributed by atoms with Crippen LogP contribution in [-0.2, 0) is 26.4 Å². The fourth-order valence-electron chi connectivity index (χ4n) is 4.82. The summed E-state index contributed by atoms with van der Waals surface area (Å²) < 4.78 is 2.05. The molecule has 1 amide bonds. The lowest BCUT2D eigenvalue weighted by Gasteiger charge is -2.32. The molecule has 0 saturated heterocycles. The summed E-state index contributed by atoms with van der Waals surface area (Å²) in [6.45, 7) is 1.23. The Morgan fingerprint density at radius 1 is 1.30 bits per heavy atom. The molecule has 0 saturated carbocycles. The molecule has 33 heavy (non-hydrogen) atoms. The van der Waals surface area contributed by atoms with Gasteiger partial charge in [-0.15, -0.1) is 0 Å². The van der Waals surface area contributed by atoms with Gasteiger partial charge < -0.3 is 14.9 Å². The first-order valence-electron chi connectivity index (χ1n) is 11.5. The fourth-order valence-corrected chi connectivity index (χ4v) is 4.82. The van der Waals surface area contributed by atoms with Crippen LogP contribution in [0.25, 0.3) is 11.0 Å². The number of carbonyl (C=O) groups excluding carboxylic acids is 1. The Balaban J connectivity index is 1.35. The van der Waals surface area contributed by atoms with Crippen molar-refractivity contribution in [3.8, 4) is 0 Å². The summed E-state index contributed by atoms with van der Waals surface area (Å²) in [5.41, 5.74) is 5.87. The van der Waals surface area contributed by atoms with Crippen LogP contribution >= 0.6 is 0 Å². The summed E-state index contributed by atoms with van der Waals surface area (Å²) in [6, 6.07) is 10.2. The highest BCUT2D eigenvalue weighted by Gasteiger charge is 2.26. The average molecular weight is 444 g/mol. The van der Waals surface area contributed by atoms with Crippen molar-refractivity contribution in [2.75, 3.05) is 13.6 Å². The number of benzene rings is 1. The number of amides is 1. The number of nitrogens with one attached hydrogen (secondary N) is 2. The summed E-state index contributed by atoms with van der Waals surface area (Å²) in [4.78, 5) is 31.9. The molecule has 0 aliphatic heterocycles. The normalized spacial score (nSPS) is 15.7. The van der Waals surface area contributed by atoms with E-state index >= 15 is 0 Å². The first-order chi connectivity index (χ1) is 16.1. The van der Waals surface area contributed by atoms with E-state index in [-0.39, 0.29) is 11.9 Å². The highest BCUT2D eigenvalue weighted by atomic mass is 16.1. The van der Waals surface area contributed by atoms with Gasteiger partial charge in [0.05, 0.1) is 41.2 Å². The summed E-state index contributed by atoms with van der Waals surface area (Å²) in [7, 11) is 4.13. The van der Waals surface area contributed by atoms with Crippen LogP contribution in [-0.4, -0.2) is 48.9 Å². The molecule has 8 nitrogen and oxygen atoms in total. The van der Waals surface area contributed by atoms with E-state index in [0.29, 0.717) is 25.1 Å². The van der Waals surface area contributed by atoms with Gasteiger partial charge in [-0.2, -0.15) is 0 Å². The number of carbonyl (C=O) groups is 1. The average Bonchev–Trinajstić information content (AvgIpc) is 3.46. The van der Waals surface area contributed by atoms with Crippen molar-refractivity contribution in [1.29, 1.82) is 0 Å². The van der Waals surface area contributed by atoms with Gasteiger partial charge in [-0.3, -0.25) is 14.7 Å². The highest BCUT2D eigenvalue weighted by Crippen LogP contribution is 2.33. The minimum absolute atomic E-state index is 0.0894. The first-order valence-corrected chi connectivity index (χ1v) is 11.5. The van der Waals surface area contributed by atoms with Crippen LogP contribution < -0.4 is 5.32 Å². The Kier molecular flexibility index (Phi) is 5.92. The van der Waals surface area contributed by atoms with E-state index in [1.807, 2.05) is 37.5 Å². The van der Waals surface area contributed by atoms with Crippen molar-refractivity contribution in [2.24, 2.45) is 7.05 Å². The molecule has 1 atom stereocenters. The molecule has 1 aliphatic carbocycles. The van der Waals surface area contributed by atoms with Crippen LogP contribution in [0.4, 0.5) is 0 Å². The van der Waals surface area contributed by atoms with Crippen molar-refractivity contribution in [3.05, 3.63) is 77.4 Å². The molecule has 3 aromatic heterocycles. The summed E-state index contributed by atoms with van der Waals surface area (Å²) in [5.74, 6) is 0.849. The SMILES string of the molecule is CN(Cc1nc2cccc(C(=O)NCCc3cnc[nH]3)c2n1C)C1CCCc2cccnc21. The van der Waals surface area contributed by atoms with E-state index < -0.39 is 0 Å². The highest BCUT2D eigenvalue weighted by molar-refractivity contribution is 6.05. The molecule has 5 rings (SSSR count). The van der Waals surface area contributed by atoms with Crippen molar-refractivity contribution < 1.29 is 4.79 Å². The van der Waals surface area contributed by atoms with Gasteiger partial charge in [0.15, 0.2) is 0 Å². The predicted octanol–water partition coefficient (Wildman–Crippen LogP) is 3.17. The van der Waals surface area contributed by atoms with Gasteiger partial charge in [0.1, 0.15) is 5.82 Å². The Labute approximate surface area is 193 Å². The number of pyridine rings is 1. The molecule has 1 aromatic carbocycles. The molecule has 0 bridgehead atoms. The number of imidazole rings is 2. The monoisotopic (exact) mass is 443 g/mol. The lowest BCUT2D eigenvalue weighted by Crippen LogP contribution is -2.29. The lowest BCUT2D eigenvalue weighted by atomic mass is 9.91. The topological polar surface area (TPSA) is 91.7 Å². The number of aryl methyl sites for hydroxylation is 2. The number of rotatable bonds is 7. The van der Waals surface area contributed by atoms with Crippen molar-refractivity contribution >= 4 is 16.9 Å². The Morgan fingerprint density at radius 3 is 3.06 bits per heavy atom. The lowest BCUT2D eigenvalue weighted by molar-refractivity contribution is 0.0955. The molecule has 2 N–H and O–H groups in total. The van der Waals surface area contributed by atoms with Gasteiger partial charge >= 0.3 is 0 Å². The molecule has 0 spiro atoms. The maximum absolute atomic E-state index is 13.0. The van der Waals surface area contributed by atoms with Crippen LogP contribution in [0.1, 0.15) is 52.0 Å². The number of para-hydroxylation sites is 1. The summed E-state index contributed by atoms with van der Waals surface area (Å²) in [6.07, 6.45) is 9.37. The van der Waals surface area contributed by atoms with Crippen LogP contribution in [0.2, 0.25) is 0 Å². The molecule has 1 unspecified atom stereocenters. The third-order valence-electron chi connectivity index (χ3n) is 6.55. The van der Waals surface area contributed by atoms with Crippen LogP contribution in [0, 0.1) is 0 Å². The molecule has 1 aliphatic rings. The third kappa shape index (κ3) is 4.26. The number of H-pyrrole nitrogens is 1. The molecule has 0 fully saturated rings. The summed E-state index contributed by atoms with van der Waals surface area (Å²) >= 11 is 0. The number of nitrogens with zero attached hydrogens (tertiary/aromatic N) is 5. The zero-order valence-electron chi connectivity index (χ0n) is 19.1. The van der Waals surface area contributed by atoms with Gasteiger partial charge in [0.2, 0.25) is 0 Å². The Hall–Kier alpha value is -3.52. The molecule has 170 valence electrons. The smallest absolute Gasteiger partial charge is 0.253 e. The molecule has 0 radical (unpaired) electrons. The van der Waals surface area contributed by atoms with Crippen molar-refractivity contribution in [2.45, 2.75) is 38.3 Å². The van der Waals surface area contributed by atoms with Crippen LogP contribution in [0.3, 0.4) is 0 Å². The van der Waals surface area contributed by atoms with E-state index in [9.17, 15) is 4.79 Å². The zero-order chi connectivity index (χ0) is 22.8. The number of hydrogen-bond acceptors (Lipinski definition) is 5. The van der Waals surface area contributed by atoms with Crippen LogP contribution in [0.15, 0.2) is 49.1 Å². The van der Waals surface area contributed by atoms with Gasteiger partial charge in [0.25, 0.3) is 5.91 Å². The predicted molar refractivity (Wildman–Crippen MR) is 127 cm³/mol.